The molecule has 192 valence electrons. The minimum Gasteiger partial charge on any atom is -0.322 e. The normalized spacial score (nSPS) is 11.1. The summed E-state index contributed by atoms with van der Waals surface area (Å²) >= 11 is 0. The Hall–Kier alpha value is -5.52. The lowest BCUT2D eigenvalue weighted by Crippen LogP contribution is -2.29. The van der Waals surface area contributed by atoms with Gasteiger partial charge in [0.2, 0.25) is 0 Å². The number of benzene rings is 2. The number of nitrogens with one attached hydrogen (secondary N) is 3. The van der Waals surface area contributed by atoms with Gasteiger partial charge in [0.15, 0.2) is 5.65 Å². The Morgan fingerprint density at radius 1 is 1.00 bits per heavy atom. The Morgan fingerprint density at radius 3 is 2.62 bits per heavy atom. The summed E-state index contributed by atoms with van der Waals surface area (Å²) in [5.41, 5.74) is 2.77. The van der Waals surface area contributed by atoms with Crippen LogP contribution in [0.5, 0.6) is 0 Å². The highest BCUT2D eigenvalue weighted by atomic mass is 19.1. The Morgan fingerprint density at radius 2 is 1.85 bits per heavy atom. The van der Waals surface area contributed by atoms with E-state index in [0.29, 0.717) is 16.9 Å². The van der Waals surface area contributed by atoms with Crippen molar-refractivity contribution in [3.63, 3.8) is 0 Å². The van der Waals surface area contributed by atoms with Gasteiger partial charge in [0, 0.05) is 36.3 Å². The van der Waals surface area contributed by atoms with E-state index >= 15 is 4.39 Å². The van der Waals surface area contributed by atoms with Gasteiger partial charge in [0.25, 0.3) is 11.5 Å². The van der Waals surface area contributed by atoms with Crippen LogP contribution < -0.4 is 10.9 Å². The third-order valence-corrected chi connectivity index (χ3v) is 6.18. The average molecular weight is 524 g/mol. The first-order chi connectivity index (χ1) is 19.0. The van der Waals surface area contributed by atoms with Crippen LogP contribution in [0, 0.1) is 11.6 Å². The van der Waals surface area contributed by atoms with Crippen LogP contribution in [-0.4, -0.2) is 41.1 Å². The van der Waals surface area contributed by atoms with Gasteiger partial charge in [0.1, 0.15) is 17.2 Å². The first-order valence-electron chi connectivity index (χ1n) is 11.7. The number of halogens is 2. The summed E-state index contributed by atoms with van der Waals surface area (Å²) in [7, 11) is 0. The van der Waals surface area contributed by atoms with E-state index in [1.165, 1.54) is 42.6 Å². The van der Waals surface area contributed by atoms with E-state index in [4.69, 9.17) is 0 Å². The Labute approximate surface area is 218 Å². The fraction of sp³-hybridized carbons (Fsp3) is 0.0370. The molecule has 6 rings (SSSR count). The third-order valence-electron chi connectivity index (χ3n) is 6.18. The van der Waals surface area contributed by atoms with Crippen LogP contribution in [0.2, 0.25) is 0 Å². The Kier molecular flexibility index (Phi) is 5.96. The molecule has 4 aromatic heterocycles. The lowest BCUT2D eigenvalue weighted by molar-refractivity contribution is 0.102. The summed E-state index contributed by atoms with van der Waals surface area (Å²) in [5, 5.41) is 21.2. The molecule has 0 spiro atoms. The summed E-state index contributed by atoms with van der Waals surface area (Å²) in [4.78, 5) is 30.0. The van der Waals surface area contributed by atoms with Crippen LogP contribution in [0.4, 0.5) is 14.5 Å². The molecule has 0 atom stereocenters. The number of carbonyl (C=O) groups excluding carboxylic acids is 1. The van der Waals surface area contributed by atoms with E-state index < -0.39 is 23.1 Å². The molecule has 0 saturated carbocycles. The summed E-state index contributed by atoms with van der Waals surface area (Å²) in [6, 6.07) is 12.5. The molecule has 6 aromatic rings. The van der Waals surface area contributed by atoms with Crippen LogP contribution in [-0.2, 0) is 6.42 Å². The van der Waals surface area contributed by atoms with Crippen LogP contribution in [0.3, 0.4) is 0 Å². The number of pyridine rings is 1. The maximum atomic E-state index is 15.2. The van der Waals surface area contributed by atoms with Gasteiger partial charge in [0.05, 0.1) is 23.0 Å². The van der Waals surface area contributed by atoms with Crippen LogP contribution >= 0.6 is 0 Å². The second-order valence-corrected chi connectivity index (χ2v) is 8.63. The number of fused-ring (bicyclic) bond motifs is 1. The standard InChI is InChI=1S/C27H18F2N8O2/c28-18-2-5-20(6-3-18)37-27(39)21(8-10-33-37)26(38)34-19-4-1-15(22(29)12-19)11-16-7-9-30-25-23(16)24(35-36-25)17-13-31-32-14-17/h1-10,12-14H,11H2,(H,31,32)(H,34,38)(H,30,35,36). The number of anilines is 1. The van der Waals surface area contributed by atoms with E-state index in [2.05, 4.69) is 35.8 Å². The van der Waals surface area contributed by atoms with Gasteiger partial charge in [-0.15, -0.1) is 0 Å². The van der Waals surface area contributed by atoms with Crippen molar-refractivity contribution in [3.05, 3.63) is 118 Å². The second-order valence-electron chi connectivity index (χ2n) is 8.63. The quantitative estimate of drug-likeness (QED) is 0.301. The largest absolute Gasteiger partial charge is 0.322 e. The predicted molar refractivity (Wildman–Crippen MR) is 138 cm³/mol. The van der Waals surface area contributed by atoms with Gasteiger partial charge >= 0.3 is 0 Å². The molecule has 3 N–H and O–H groups in total. The summed E-state index contributed by atoms with van der Waals surface area (Å²) < 4.78 is 29.4. The van der Waals surface area contributed by atoms with Crippen molar-refractivity contribution in [1.29, 1.82) is 0 Å². The zero-order valence-corrected chi connectivity index (χ0v) is 20.0. The number of nitrogens with zero attached hydrogens (tertiary/aromatic N) is 5. The minimum atomic E-state index is -0.732. The zero-order chi connectivity index (χ0) is 26.9. The van der Waals surface area contributed by atoms with Crippen molar-refractivity contribution in [2.45, 2.75) is 6.42 Å². The molecule has 0 unspecified atom stereocenters. The SMILES string of the molecule is O=C(Nc1ccc(Cc2ccnc3n[nH]c(-c4cn[nH]c4)c23)c(F)c1)c1ccnn(-c2ccc(F)cc2)c1=O. The highest BCUT2D eigenvalue weighted by Gasteiger charge is 2.17. The molecular formula is C27H18F2N8O2. The lowest BCUT2D eigenvalue weighted by Gasteiger charge is -2.10. The summed E-state index contributed by atoms with van der Waals surface area (Å²) in [6.07, 6.45) is 6.51. The maximum Gasteiger partial charge on any atom is 0.284 e. The molecule has 10 nitrogen and oxygen atoms in total. The molecule has 2 aromatic carbocycles. The molecule has 0 aliphatic rings. The molecule has 0 bridgehead atoms. The molecule has 0 aliphatic heterocycles. The molecule has 39 heavy (non-hydrogen) atoms. The van der Waals surface area contributed by atoms with Gasteiger partial charge in [-0.3, -0.25) is 19.8 Å². The molecule has 4 heterocycles. The number of aromatic amines is 2. The number of carbonyl (C=O) groups is 1. The maximum absolute atomic E-state index is 15.2. The number of amides is 1. The van der Waals surface area contributed by atoms with Crippen molar-refractivity contribution in [3.8, 4) is 16.9 Å². The molecule has 12 heteroatoms. The van der Waals surface area contributed by atoms with Crippen molar-refractivity contribution >= 4 is 22.6 Å². The lowest BCUT2D eigenvalue weighted by atomic mass is 10.00. The second kappa shape index (κ2) is 9.74. The highest BCUT2D eigenvalue weighted by Crippen LogP contribution is 2.29. The molecule has 0 saturated heterocycles. The fourth-order valence-electron chi connectivity index (χ4n) is 4.28. The van der Waals surface area contributed by atoms with E-state index in [0.717, 1.165) is 26.9 Å². The summed E-state index contributed by atoms with van der Waals surface area (Å²) in [6.45, 7) is 0. The van der Waals surface area contributed by atoms with Crippen molar-refractivity contribution in [2.75, 3.05) is 5.32 Å². The zero-order valence-electron chi connectivity index (χ0n) is 20.0. The first-order valence-corrected chi connectivity index (χ1v) is 11.7. The molecule has 0 radical (unpaired) electrons. The van der Waals surface area contributed by atoms with Crippen molar-refractivity contribution in [1.82, 2.24) is 35.2 Å². The number of hydrogen-bond donors (Lipinski definition) is 3. The highest BCUT2D eigenvalue weighted by molar-refractivity contribution is 6.04. The van der Waals surface area contributed by atoms with Gasteiger partial charge in [-0.25, -0.2) is 13.8 Å². The third kappa shape index (κ3) is 4.55. The fourth-order valence-corrected chi connectivity index (χ4v) is 4.28. The topological polar surface area (TPSA) is 134 Å². The number of aromatic nitrogens is 7. The van der Waals surface area contributed by atoms with Crippen molar-refractivity contribution < 1.29 is 13.6 Å². The minimum absolute atomic E-state index is 0.174. The van der Waals surface area contributed by atoms with Crippen LogP contribution in [0.25, 0.3) is 28.0 Å². The van der Waals surface area contributed by atoms with E-state index in [1.807, 2.05) is 0 Å². The van der Waals surface area contributed by atoms with Crippen molar-refractivity contribution in [2.24, 2.45) is 0 Å². The van der Waals surface area contributed by atoms with Gasteiger partial charge in [-0.1, -0.05) is 6.07 Å². The van der Waals surface area contributed by atoms with Crippen LogP contribution in [0.15, 0.2) is 84.2 Å². The first kappa shape index (κ1) is 23.9. The molecule has 0 aliphatic carbocycles. The number of hydrogen-bond acceptors (Lipinski definition) is 6. The molecule has 1 amide bonds. The average Bonchev–Trinajstić information content (AvgIpc) is 3.61. The Balaban J connectivity index is 1.25. The summed E-state index contributed by atoms with van der Waals surface area (Å²) in [5.74, 6) is -1.74. The molecule has 0 fully saturated rings. The van der Waals surface area contributed by atoms with E-state index in [-0.39, 0.29) is 17.7 Å². The van der Waals surface area contributed by atoms with Gasteiger partial charge in [-0.05, 0) is 59.7 Å². The van der Waals surface area contributed by atoms with Gasteiger partial charge in [-0.2, -0.15) is 20.0 Å². The monoisotopic (exact) mass is 524 g/mol. The molecular weight excluding hydrogens is 506 g/mol. The van der Waals surface area contributed by atoms with Gasteiger partial charge < -0.3 is 5.32 Å². The predicted octanol–water partition coefficient (Wildman–Crippen LogP) is 4.02. The number of H-pyrrole nitrogens is 2. The van der Waals surface area contributed by atoms with Crippen LogP contribution in [0.1, 0.15) is 21.5 Å². The van der Waals surface area contributed by atoms with E-state index in [9.17, 15) is 14.0 Å². The smallest absolute Gasteiger partial charge is 0.284 e. The van der Waals surface area contributed by atoms with E-state index in [1.54, 1.807) is 36.8 Å². The number of rotatable bonds is 6. The Bertz CT molecular complexity index is 1880.